The summed E-state index contributed by atoms with van der Waals surface area (Å²) in [6.07, 6.45) is 0. The number of fused-ring (bicyclic) bond motifs is 1. The van der Waals surface area contributed by atoms with E-state index in [0.717, 1.165) is 11.3 Å². The van der Waals surface area contributed by atoms with Crippen LogP contribution in [0.4, 0.5) is 5.69 Å². The fourth-order valence-electron chi connectivity index (χ4n) is 3.26. The molecule has 6 nitrogen and oxygen atoms in total. The minimum atomic E-state index is -0.485. The lowest BCUT2D eigenvalue weighted by Gasteiger charge is -2.17. The molecule has 0 fully saturated rings. The Bertz CT molecular complexity index is 1330. The molecule has 7 heteroatoms. The number of benzene rings is 3. The maximum Gasteiger partial charge on any atom is 0.266 e. The highest BCUT2D eigenvalue weighted by atomic mass is 32.2. The minimum Gasteiger partial charge on any atom is -0.497 e. The van der Waals surface area contributed by atoms with E-state index in [9.17, 15) is 9.59 Å². The first-order valence-corrected chi connectivity index (χ1v) is 11.0. The SMILES string of the molecule is COc1cccc(-n2c(SC(C)C(=O)Nc3ccc(C)cc3)nc3ccccc3c2=O)c1. The summed E-state index contributed by atoms with van der Waals surface area (Å²) in [6, 6.07) is 22.1. The number of aromatic nitrogens is 2. The third kappa shape index (κ3) is 4.53. The molecule has 1 amide bonds. The lowest BCUT2D eigenvalue weighted by molar-refractivity contribution is -0.115. The van der Waals surface area contributed by atoms with Crippen molar-refractivity contribution in [2.75, 3.05) is 12.4 Å². The molecule has 1 N–H and O–H groups in total. The van der Waals surface area contributed by atoms with Gasteiger partial charge in [-0.2, -0.15) is 0 Å². The number of amides is 1. The summed E-state index contributed by atoms with van der Waals surface area (Å²) in [6.45, 7) is 3.79. The van der Waals surface area contributed by atoms with E-state index in [2.05, 4.69) is 5.32 Å². The average Bonchev–Trinajstić information content (AvgIpc) is 2.80. The molecule has 1 unspecified atom stereocenters. The van der Waals surface area contributed by atoms with Crippen molar-refractivity contribution in [3.8, 4) is 11.4 Å². The first-order chi connectivity index (χ1) is 15.5. The summed E-state index contributed by atoms with van der Waals surface area (Å²) in [4.78, 5) is 30.9. The van der Waals surface area contributed by atoms with Crippen LogP contribution in [0.15, 0.2) is 82.7 Å². The molecule has 3 aromatic carbocycles. The number of aryl methyl sites for hydroxylation is 1. The number of thioether (sulfide) groups is 1. The molecule has 4 aromatic rings. The van der Waals surface area contributed by atoms with Gasteiger partial charge >= 0.3 is 0 Å². The summed E-state index contributed by atoms with van der Waals surface area (Å²) >= 11 is 1.24. The Balaban J connectivity index is 1.72. The Morgan fingerprint density at radius 3 is 2.56 bits per heavy atom. The number of rotatable bonds is 6. The Kier molecular flexibility index (Phi) is 6.28. The third-order valence-corrected chi connectivity index (χ3v) is 6.08. The lowest BCUT2D eigenvalue weighted by atomic mass is 10.2. The second kappa shape index (κ2) is 9.28. The van der Waals surface area contributed by atoms with Gasteiger partial charge in [0.25, 0.3) is 5.56 Å². The van der Waals surface area contributed by atoms with Crippen LogP contribution in [0, 0.1) is 6.92 Å². The molecular formula is C25H23N3O3S. The van der Waals surface area contributed by atoms with Crippen LogP contribution in [0.1, 0.15) is 12.5 Å². The summed E-state index contributed by atoms with van der Waals surface area (Å²) in [5.74, 6) is 0.460. The van der Waals surface area contributed by atoms with Crippen LogP contribution < -0.4 is 15.6 Å². The molecule has 1 heterocycles. The lowest BCUT2D eigenvalue weighted by Crippen LogP contribution is -2.26. The average molecular weight is 446 g/mol. The number of carbonyl (C=O) groups is 1. The Labute approximate surface area is 190 Å². The van der Waals surface area contributed by atoms with Gasteiger partial charge in [0.05, 0.1) is 29.0 Å². The van der Waals surface area contributed by atoms with Crippen LogP contribution in [0.2, 0.25) is 0 Å². The molecule has 0 spiro atoms. The molecule has 0 saturated heterocycles. The molecule has 32 heavy (non-hydrogen) atoms. The maximum absolute atomic E-state index is 13.4. The van der Waals surface area contributed by atoms with E-state index in [0.29, 0.717) is 27.5 Å². The molecule has 0 saturated carbocycles. The van der Waals surface area contributed by atoms with Crippen molar-refractivity contribution in [2.45, 2.75) is 24.3 Å². The van der Waals surface area contributed by atoms with Crippen LogP contribution in [-0.2, 0) is 4.79 Å². The van der Waals surface area contributed by atoms with Gasteiger partial charge in [0.1, 0.15) is 5.75 Å². The highest BCUT2D eigenvalue weighted by Gasteiger charge is 2.20. The van der Waals surface area contributed by atoms with Gasteiger partial charge in [0, 0.05) is 11.8 Å². The van der Waals surface area contributed by atoms with E-state index >= 15 is 0 Å². The van der Waals surface area contributed by atoms with Crippen LogP contribution >= 0.6 is 11.8 Å². The zero-order valence-electron chi connectivity index (χ0n) is 18.0. The first kappa shape index (κ1) is 21.6. The molecule has 1 aromatic heterocycles. The number of nitrogens with one attached hydrogen (secondary N) is 1. The topological polar surface area (TPSA) is 73.2 Å². The van der Waals surface area contributed by atoms with Crippen molar-refractivity contribution in [1.29, 1.82) is 0 Å². The van der Waals surface area contributed by atoms with Crippen molar-refractivity contribution < 1.29 is 9.53 Å². The molecular weight excluding hydrogens is 422 g/mol. The fourth-order valence-corrected chi connectivity index (χ4v) is 4.19. The third-order valence-electron chi connectivity index (χ3n) is 5.03. The molecule has 0 aliphatic heterocycles. The monoisotopic (exact) mass is 445 g/mol. The van der Waals surface area contributed by atoms with Gasteiger partial charge in [0.2, 0.25) is 5.91 Å². The predicted molar refractivity (Wildman–Crippen MR) is 129 cm³/mol. The molecule has 0 aliphatic carbocycles. The molecule has 4 rings (SSSR count). The second-order valence-corrected chi connectivity index (χ2v) is 8.68. The summed E-state index contributed by atoms with van der Waals surface area (Å²) in [5.41, 5.74) is 2.86. The largest absolute Gasteiger partial charge is 0.497 e. The van der Waals surface area contributed by atoms with Gasteiger partial charge in [-0.05, 0) is 50.2 Å². The zero-order valence-corrected chi connectivity index (χ0v) is 18.8. The van der Waals surface area contributed by atoms with Gasteiger partial charge in [-0.1, -0.05) is 47.7 Å². The predicted octanol–water partition coefficient (Wildman–Crippen LogP) is 4.82. The Morgan fingerprint density at radius 1 is 1.06 bits per heavy atom. The number of nitrogens with zero attached hydrogens (tertiary/aromatic N) is 2. The Morgan fingerprint density at radius 2 is 1.81 bits per heavy atom. The van der Waals surface area contributed by atoms with Crippen LogP contribution in [0.5, 0.6) is 5.75 Å². The van der Waals surface area contributed by atoms with Gasteiger partial charge in [-0.15, -0.1) is 0 Å². The number of para-hydroxylation sites is 1. The van der Waals surface area contributed by atoms with Crippen molar-refractivity contribution >= 4 is 34.3 Å². The van der Waals surface area contributed by atoms with E-state index in [1.54, 1.807) is 32.2 Å². The highest BCUT2D eigenvalue weighted by Crippen LogP contribution is 2.27. The number of hydrogen-bond acceptors (Lipinski definition) is 5. The van der Waals surface area contributed by atoms with Crippen molar-refractivity contribution in [3.05, 3.63) is 88.7 Å². The van der Waals surface area contributed by atoms with Crippen LogP contribution in [-0.4, -0.2) is 27.8 Å². The number of ether oxygens (including phenoxy) is 1. The molecule has 0 bridgehead atoms. The summed E-state index contributed by atoms with van der Waals surface area (Å²) < 4.78 is 6.86. The van der Waals surface area contributed by atoms with Crippen molar-refractivity contribution in [1.82, 2.24) is 9.55 Å². The first-order valence-electron chi connectivity index (χ1n) is 10.2. The van der Waals surface area contributed by atoms with Gasteiger partial charge in [0.15, 0.2) is 5.16 Å². The molecule has 1 atom stereocenters. The fraction of sp³-hybridized carbons (Fsp3) is 0.160. The van der Waals surface area contributed by atoms with E-state index in [-0.39, 0.29) is 11.5 Å². The molecule has 0 radical (unpaired) electrons. The number of hydrogen-bond donors (Lipinski definition) is 1. The summed E-state index contributed by atoms with van der Waals surface area (Å²) in [7, 11) is 1.58. The molecule has 0 aliphatic rings. The number of methoxy groups -OCH3 is 1. The van der Waals surface area contributed by atoms with Gasteiger partial charge in [-0.3, -0.25) is 14.2 Å². The Hall–Kier alpha value is -3.58. The van der Waals surface area contributed by atoms with E-state index < -0.39 is 5.25 Å². The van der Waals surface area contributed by atoms with E-state index in [1.807, 2.05) is 61.5 Å². The number of carbonyl (C=O) groups excluding carboxylic acids is 1. The molecule has 162 valence electrons. The van der Waals surface area contributed by atoms with Crippen molar-refractivity contribution in [2.24, 2.45) is 0 Å². The standard InChI is InChI=1S/C25H23N3O3S/c1-16-11-13-18(14-12-16)26-23(29)17(2)32-25-27-22-10-5-4-9-21(22)24(30)28(25)19-7-6-8-20(15-19)31-3/h4-15,17H,1-3H3,(H,26,29). The smallest absolute Gasteiger partial charge is 0.266 e. The number of anilines is 1. The normalized spacial score (nSPS) is 11.8. The van der Waals surface area contributed by atoms with Crippen LogP contribution in [0.25, 0.3) is 16.6 Å². The quantitative estimate of drug-likeness (QED) is 0.340. The van der Waals surface area contributed by atoms with E-state index in [1.165, 1.54) is 16.3 Å². The second-order valence-electron chi connectivity index (χ2n) is 7.37. The van der Waals surface area contributed by atoms with Crippen molar-refractivity contribution in [3.63, 3.8) is 0 Å². The van der Waals surface area contributed by atoms with Gasteiger partial charge < -0.3 is 10.1 Å². The summed E-state index contributed by atoms with van der Waals surface area (Å²) in [5, 5.41) is 3.39. The van der Waals surface area contributed by atoms with Gasteiger partial charge in [-0.25, -0.2) is 4.98 Å². The zero-order chi connectivity index (χ0) is 22.7. The highest BCUT2D eigenvalue weighted by molar-refractivity contribution is 8.00. The maximum atomic E-state index is 13.4. The van der Waals surface area contributed by atoms with E-state index in [4.69, 9.17) is 9.72 Å². The van der Waals surface area contributed by atoms with Crippen LogP contribution in [0.3, 0.4) is 0 Å². The minimum absolute atomic E-state index is 0.168.